The van der Waals surface area contributed by atoms with Crippen molar-refractivity contribution in [2.45, 2.75) is 19.4 Å². The molecule has 0 radical (unpaired) electrons. The lowest BCUT2D eigenvalue weighted by atomic mass is 10.0. The number of nitrogens with zero attached hydrogens (tertiary/aromatic N) is 1. The van der Waals surface area contributed by atoms with E-state index in [1.807, 2.05) is 36.4 Å². The first-order chi connectivity index (χ1) is 10.5. The Morgan fingerprint density at radius 3 is 2.59 bits per heavy atom. The minimum Gasteiger partial charge on any atom is -0.480 e. The third-order valence-electron chi connectivity index (χ3n) is 3.45. The number of fused-ring (bicyclic) bond motifs is 1. The molecule has 2 N–H and O–H groups in total. The van der Waals surface area contributed by atoms with Crippen LogP contribution in [0.1, 0.15) is 23.7 Å². The Balaban J connectivity index is 2.26. The van der Waals surface area contributed by atoms with Crippen LogP contribution in [0.3, 0.4) is 0 Å². The van der Waals surface area contributed by atoms with Crippen LogP contribution in [0.2, 0.25) is 0 Å². The van der Waals surface area contributed by atoms with Gasteiger partial charge in [-0.2, -0.15) is 5.26 Å². The molecule has 0 heterocycles. The number of carbonyl (C=O) groups is 2. The summed E-state index contributed by atoms with van der Waals surface area (Å²) in [6.07, 6.45) is 0.0718. The van der Waals surface area contributed by atoms with Crippen molar-refractivity contribution in [3.05, 3.63) is 48.0 Å². The second kappa shape index (κ2) is 6.72. The Hall–Kier alpha value is -2.87. The van der Waals surface area contributed by atoms with Crippen LogP contribution >= 0.6 is 0 Å². The second-order valence-electron chi connectivity index (χ2n) is 5.16. The maximum Gasteiger partial charge on any atom is 0.326 e. The fourth-order valence-electron chi connectivity index (χ4n) is 2.29. The zero-order chi connectivity index (χ0) is 16.1. The smallest absolute Gasteiger partial charge is 0.326 e. The van der Waals surface area contributed by atoms with Crippen molar-refractivity contribution in [2.75, 3.05) is 0 Å². The van der Waals surface area contributed by atoms with Gasteiger partial charge in [0.2, 0.25) is 0 Å². The van der Waals surface area contributed by atoms with Crippen molar-refractivity contribution in [3.8, 4) is 6.07 Å². The van der Waals surface area contributed by atoms with Gasteiger partial charge in [-0.15, -0.1) is 0 Å². The van der Waals surface area contributed by atoms with Gasteiger partial charge in [-0.3, -0.25) is 4.79 Å². The molecule has 0 fully saturated rings. The highest BCUT2D eigenvalue weighted by molar-refractivity contribution is 6.07. The van der Waals surface area contributed by atoms with Crippen LogP contribution in [0.25, 0.3) is 10.8 Å². The highest BCUT2D eigenvalue weighted by atomic mass is 16.4. The molecule has 1 amide bonds. The Bertz CT molecular complexity index is 744. The van der Waals surface area contributed by atoms with Crippen molar-refractivity contribution in [1.82, 2.24) is 5.32 Å². The Morgan fingerprint density at radius 1 is 1.23 bits per heavy atom. The largest absolute Gasteiger partial charge is 0.480 e. The molecule has 0 saturated heterocycles. The summed E-state index contributed by atoms with van der Waals surface area (Å²) in [7, 11) is 0. The molecule has 5 heteroatoms. The van der Waals surface area contributed by atoms with Gasteiger partial charge in [-0.25, -0.2) is 4.79 Å². The maximum atomic E-state index is 12.4. The molecule has 0 bridgehead atoms. The fraction of sp³-hybridized carbons (Fsp3) is 0.235. The van der Waals surface area contributed by atoms with Gasteiger partial charge in [0.15, 0.2) is 0 Å². The van der Waals surface area contributed by atoms with Crippen LogP contribution in [0, 0.1) is 17.2 Å². The van der Waals surface area contributed by atoms with E-state index in [1.165, 1.54) is 0 Å². The SMILES string of the molecule is C[C@H](C#N)C[C@H](NC(=O)c1cccc2ccccc12)C(=O)O. The van der Waals surface area contributed by atoms with Crippen LogP contribution in [-0.4, -0.2) is 23.0 Å². The predicted octanol–water partition coefficient (Wildman–Crippen LogP) is 2.57. The van der Waals surface area contributed by atoms with Crippen LogP contribution in [0.4, 0.5) is 0 Å². The molecule has 0 unspecified atom stereocenters. The van der Waals surface area contributed by atoms with E-state index in [4.69, 9.17) is 5.26 Å². The monoisotopic (exact) mass is 296 g/mol. The molecule has 2 rings (SSSR count). The van der Waals surface area contributed by atoms with E-state index in [2.05, 4.69) is 5.32 Å². The number of benzene rings is 2. The average Bonchev–Trinajstić information content (AvgIpc) is 2.53. The van der Waals surface area contributed by atoms with Gasteiger partial charge >= 0.3 is 5.97 Å². The number of aliphatic carboxylic acids is 1. The minimum absolute atomic E-state index is 0.0718. The summed E-state index contributed by atoms with van der Waals surface area (Å²) in [4.78, 5) is 23.6. The molecule has 2 atom stereocenters. The molecule has 0 aliphatic heterocycles. The van der Waals surface area contributed by atoms with Gasteiger partial charge in [-0.05, 0) is 30.2 Å². The quantitative estimate of drug-likeness (QED) is 0.887. The Kier molecular flexibility index (Phi) is 4.74. The molecule has 0 aliphatic carbocycles. The summed E-state index contributed by atoms with van der Waals surface area (Å²) in [5.74, 6) is -2.04. The Labute approximate surface area is 128 Å². The topological polar surface area (TPSA) is 90.2 Å². The summed E-state index contributed by atoms with van der Waals surface area (Å²) >= 11 is 0. The number of carboxylic acids is 1. The molecule has 0 aliphatic rings. The first-order valence-corrected chi connectivity index (χ1v) is 6.94. The molecular weight excluding hydrogens is 280 g/mol. The zero-order valence-corrected chi connectivity index (χ0v) is 12.1. The summed E-state index contributed by atoms with van der Waals surface area (Å²) < 4.78 is 0. The van der Waals surface area contributed by atoms with Crippen molar-refractivity contribution in [2.24, 2.45) is 5.92 Å². The molecule has 2 aromatic carbocycles. The number of hydrogen-bond donors (Lipinski definition) is 2. The highest BCUT2D eigenvalue weighted by Gasteiger charge is 2.23. The first kappa shape index (κ1) is 15.5. The molecule has 22 heavy (non-hydrogen) atoms. The Morgan fingerprint density at radius 2 is 1.91 bits per heavy atom. The summed E-state index contributed by atoms with van der Waals surface area (Å²) in [6, 6.07) is 13.6. The number of amides is 1. The van der Waals surface area contributed by atoms with E-state index >= 15 is 0 Å². The first-order valence-electron chi connectivity index (χ1n) is 6.94. The van der Waals surface area contributed by atoms with Crippen LogP contribution in [0.15, 0.2) is 42.5 Å². The lowest BCUT2D eigenvalue weighted by Crippen LogP contribution is -2.41. The molecule has 112 valence electrons. The number of rotatable bonds is 5. The lowest BCUT2D eigenvalue weighted by Gasteiger charge is -2.16. The van der Waals surface area contributed by atoms with Crippen LogP contribution < -0.4 is 5.32 Å². The normalized spacial score (nSPS) is 13.1. The third kappa shape index (κ3) is 3.41. The van der Waals surface area contributed by atoms with Gasteiger partial charge < -0.3 is 10.4 Å². The van der Waals surface area contributed by atoms with E-state index in [1.54, 1.807) is 19.1 Å². The standard InChI is InChI=1S/C17H16N2O3/c1-11(10-18)9-15(17(21)22)19-16(20)14-8-4-6-12-5-2-3-7-13(12)14/h2-8,11,15H,9H2,1H3,(H,19,20)(H,21,22)/t11-,15-/m0/s1. The van der Waals surface area contributed by atoms with Crippen LogP contribution in [0.5, 0.6) is 0 Å². The van der Waals surface area contributed by atoms with E-state index in [0.717, 1.165) is 10.8 Å². The van der Waals surface area contributed by atoms with Gasteiger partial charge in [-0.1, -0.05) is 36.4 Å². The predicted molar refractivity (Wildman–Crippen MR) is 82.2 cm³/mol. The molecule has 0 aromatic heterocycles. The van der Waals surface area contributed by atoms with E-state index < -0.39 is 23.8 Å². The summed E-state index contributed by atoms with van der Waals surface area (Å²) in [5.41, 5.74) is 0.425. The van der Waals surface area contributed by atoms with Gasteiger partial charge in [0, 0.05) is 11.5 Å². The van der Waals surface area contributed by atoms with E-state index in [9.17, 15) is 14.7 Å². The highest BCUT2D eigenvalue weighted by Crippen LogP contribution is 2.18. The van der Waals surface area contributed by atoms with Gasteiger partial charge in [0.1, 0.15) is 6.04 Å². The molecule has 2 aromatic rings. The molecule has 5 nitrogen and oxygen atoms in total. The third-order valence-corrected chi connectivity index (χ3v) is 3.45. The number of nitrogens with one attached hydrogen (secondary N) is 1. The lowest BCUT2D eigenvalue weighted by molar-refractivity contribution is -0.139. The van der Waals surface area contributed by atoms with E-state index in [-0.39, 0.29) is 6.42 Å². The number of carbonyl (C=O) groups excluding carboxylic acids is 1. The van der Waals surface area contributed by atoms with Crippen LogP contribution in [-0.2, 0) is 4.79 Å². The number of hydrogen-bond acceptors (Lipinski definition) is 3. The molecular formula is C17H16N2O3. The van der Waals surface area contributed by atoms with Crippen molar-refractivity contribution >= 4 is 22.6 Å². The van der Waals surface area contributed by atoms with Crippen molar-refractivity contribution in [3.63, 3.8) is 0 Å². The second-order valence-corrected chi connectivity index (χ2v) is 5.16. The summed E-state index contributed by atoms with van der Waals surface area (Å²) in [5, 5.41) is 22.2. The summed E-state index contributed by atoms with van der Waals surface area (Å²) in [6.45, 7) is 1.63. The van der Waals surface area contributed by atoms with Crippen molar-refractivity contribution < 1.29 is 14.7 Å². The van der Waals surface area contributed by atoms with Crippen molar-refractivity contribution in [1.29, 1.82) is 5.26 Å². The fourth-order valence-corrected chi connectivity index (χ4v) is 2.29. The maximum absolute atomic E-state index is 12.4. The number of carboxylic acid groups (broad SMARTS) is 1. The molecule has 0 saturated carbocycles. The number of nitriles is 1. The average molecular weight is 296 g/mol. The zero-order valence-electron chi connectivity index (χ0n) is 12.1. The van der Waals surface area contributed by atoms with Gasteiger partial charge in [0.05, 0.1) is 6.07 Å². The van der Waals surface area contributed by atoms with Gasteiger partial charge in [0.25, 0.3) is 5.91 Å². The minimum atomic E-state index is -1.14. The van der Waals surface area contributed by atoms with E-state index in [0.29, 0.717) is 5.56 Å². The molecule has 0 spiro atoms.